The average Bonchev–Trinajstić information content (AvgIpc) is 2.77. The van der Waals surface area contributed by atoms with Crippen LogP contribution in [0.15, 0.2) is 60.7 Å². The van der Waals surface area contributed by atoms with Crippen LogP contribution in [-0.2, 0) is 23.2 Å². The Morgan fingerprint density at radius 2 is 1.47 bits per heavy atom. The minimum atomic E-state index is -3.99. The Kier molecular flexibility index (Phi) is 10.1. The maximum absolute atomic E-state index is 13.3. The topological polar surface area (TPSA) is 101 Å². The van der Waals surface area contributed by atoms with Crippen LogP contribution >= 0.6 is 0 Å². The Bertz CT molecular complexity index is 1000. The number of rotatable bonds is 13. The van der Waals surface area contributed by atoms with Crippen LogP contribution in [-0.4, -0.2) is 71.1 Å². The van der Waals surface area contributed by atoms with Gasteiger partial charge in [0.15, 0.2) is 0 Å². The molecule has 0 spiro atoms. The molecule has 0 aliphatic carbocycles. The standard InChI is InChI=1S/C25H37N3O5S/c1-21(2)15-17-28(34(32,33)26(3)4)25(31,19-22-11-7-5-8-12-22)16-18-27(24(29)30)20-23-13-9-6-10-14-23/h5-14,21,31H,15-20H2,1-4H3,(H,29,30). The summed E-state index contributed by atoms with van der Waals surface area (Å²) in [7, 11) is -1.13. The van der Waals surface area contributed by atoms with Gasteiger partial charge in [-0.1, -0.05) is 74.5 Å². The minimum absolute atomic E-state index is 0.0330. The molecule has 0 fully saturated rings. The smallest absolute Gasteiger partial charge is 0.407 e. The van der Waals surface area contributed by atoms with Gasteiger partial charge in [0.1, 0.15) is 5.72 Å². The number of benzene rings is 2. The maximum atomic E-state index is 13.3. The van der Waals surface area contributed by atoms with Crippen molar-refractivity contribution in [3.8, 4) is 0 Å². The summed E-state index contributed by atoms with van der Waals surface area (Å²) in [6.07, 6.45) is -0.615. The van der Waals surface area contributed by atoms with E-state index in [0.717, 1.165) is 19.7 Å². The second-order valence-corrected chi connectivity index (χ2v) is 11.2. The molecule has 2 N–H and O–H groups in total. The van der Waals surface area contributed by atoms with Crippen molar-refractivity contribution < 1.29 is 23.4 Å². The molecule has 0 saturated carbocycles. The zero-order valence-corrected chi connectivity index (χ0v) is 21.3. The highest BCUT2D eigenvalue weighted by atomic mass is 32.2. The van der Waals surface area contributed by atoms with Gasteiger partial charge in [-0.25, -0.2) is 4.79 Å². The number of carboxylic acid groups (broad SMARTS) is 1. The highest BCUT2D eigenvalue weighted by Crippen LogP contribution is 2.28. The van der Waals surface area contributed by atoms with Crippen molar-refractivity contribution in [2.24, 2.45) is 5.92 Å². The number of amides is 1. The van der Waals surface area contributed by atoms with Gasteiger partial charge in [0.05, 0.1) is 0 Å². The molecule has 2 rings (SSSR count). The Morgan fingerprint density at radius 1 is 0.941 bits per heavy atom. The van der Waals surface area contributed by atoms with E-state index >= 15 is 0 Å². The van der Waals surface area contributed by atoms with Crippen LogP contribution in [0, 0.1) is 5.92 Å². The molecule has 1 unspecified atom stereocenters. The predicted octanol–water partition coefficient (Wildman–Crippen LogP) is 3.64. The van der Waals surface area contributed by atoms with Crippen molar-refractivity contribution in [3.63, 3.8) is 0 Å². The Hall–Kier alpha value is -2.46. The third-order valence-electron chi connectivity index (χ3n) is 5.71. The molecule has 8 nitrogen and oxygen atoms in total. The van der Waals surface area contributed by atoms with E-state index in [1.54, 1.807) is 0 Å². The Labute approximate surface area is 203 Å². The molecule has 0 radical (unpaired) electrons. The Morgan fingerprint density at radius 3 is 1.94 bits per heavy atom. The van der Waals surface area contributed by atoms with Crippen molar-refractivity contribution in [1.82, 2.24) is 13.5 Å². The molecule has 0 bridgehead atoms. The summed E-state index contributed by atoms with van der Waals surface area (Å²) in [5.41, 5.74) is -0.239. The molecule has 0 heterocycles. The first kappa shape index (κ1) is 27.8. The SMILES string of the molecule is CC(C)CCN(C(O)(CCN(Cc1ccccc1)C(=O)O)Cc1ccccc1)S(=O)(=O)N(C)C. The quantitative estimate of drug-likeness (QED) is 0.417. The van der Waals surface area contributed by atoms with Crippen LogP contribution in [0.4, 0.5) is 4.79 Å². The van der Waals surface area contributed by atoms with Crippen LogP contribution in [0.3, 0.4) is 0 Å². The molecule has 2 aromatic carbocycles. The minimum Gasteiger partial charge on any atom is -0.465 e. The van der Waals surface area contributed by atoms with Crippen molar-refractivity contribution >= 4 is 16.3 Å². The van der Waals surface area contributed by atoms with E-state index in [9.17, 15) is 23.4 Å². The third kappa shape index (κ3) is 7.80. The fourth-order valence-corrected chi connectivity index (χ4v) is 5.01. The fourth-order valence-electron chi connectivity index (χ4n) is 3.69. The number of carbonyl (C=O) groups is 1. The fraction of sp³-hybridized carbons (Fsp3) is 0.480. The molecule has 1 amide bonds. The highest BCUT2D eigenvalue weighted by Gasteiger charge is 2.43. The lowest BCUT2D eigenvalue weighted by Crippen LogP contribution is -2.58. The van der Waals surface area contributed by atoms with Gasteiger partial charge in [0, 0.05) is 46.6 Å². The predicted molar refractivity (Wildman–Crippen MR) is 133 cm³/mol. The van der Waals surface area contributed by atoms with Gasteiger partial charge in [-0.2, -0.15) is 17.0 Å². The summed E-state index contributed by atoms with van der Waals surface area (Å²) >= 11 is 0. The summed E-state index contributed by atoms with van der Waals surface area (Å²) in [4.78, 5) is 13.2. The molecule has 0 saturated heterocycles. The van der Waals surface area contributed by atoms with E-state index in [1.807, 2.05) is 74.5 Å². The van der Waals surface area contributed by atoms with E-state index in [1.165, 1.54) is 19.0 Å². The van der Waals surface area contributed by atoms with Crippen molar-refractivity contribution in [2.75, 3.05) is 27.2 Å². The summed E-state index contributed by atoms with van der Waals surface area (Å²) in [6, 6.07) is 18.3. The molecule has 188 valence electrons. The zero-order valence-electron chi connectivity index (χ0n) is 20.5. The maximum Gasteiger partial charge on any atom is 0.407 e. The van der Waals surface area contributed by atoms with Gasteiger partial charge in [-0.05, 0) is 23.5 Å². The largest absolute Gasteiger partial charge is 0.465 e. The highest BCUT2D eigenvalue weighted by molar-refractivity contribution is 7.86. The van der Waals surface area contributed by atoms with Crippen LogP contribution < -0.4 is 0 Å². The molecule has 0 aliphatic rings. The van der Waals surface area contributed by atoms with Gasteiger partial charge in [0.2, 0.25) is 0 Å². The van der Waals surface area contributed by atoms with Crippen LogP contribution in [0.1, 0.15) is 37.8 Å². The normalized spacial score (nSPS) is 13.9. The average molecular weight is 492 g/mol. The summed E-state index contributed by atoms with van der Waals surface area (Å²) in [5.74, 6) is 0.217. The molecular weight excluding hydrogens is 454 g/mol. The van der Waals surface area contributed by atoms with Crippen LogP contribution in [0.5, 0.6) is 0 Å². The van der Waals surface area contributed by atoms with Crippen LogP contribution in [0.25, 0.3) is 0 Å². The van der Waals surface area contributed by atoms with Gasteiger partial charge in [0.25, 0.3) is 10.2 Å². The van der Waals surface area contributed by atoms with Crippen LogP contribution in [0.2, 0.25) is 0 Å². The molecular formula is C25H37N3O5S. The second kappa shape index (κ2) is 12.3. The van der Waals surface area contributed by atoms with E-state index in [0.29, 0.717) is 6.42 Å². The molecule has 34 heavy (non-hydrogen) atoms. The molecule has 0 aromatic heterocycles. The summed E-state index contributed by atoms with van der Waals surface area (Å²) < 4.78 is 28.8. The van der Waals surface area contributed by atoms with E-state index in [2.05, 4.69) is 0 Å². The van der Waals surface area contributed by atoms with Crippen molar-refractivity contribution in [2.45, 2.75) is 45.4 Å². The molecule has 9 heteroatoms. The summed E-state index contributed by atoms with van der Waals surface area (Å²) in [6.45, 7) is 4.21. The Balaban J connectivity index is 2.41. The monoisotopic (exact) mass is 491 g/mol. The van der Waals surface area contributed by atoms with Gasteiger partial charge in [-0.3, -0.25) is 0 Å². The third-order valence-corrected chi connectivity index (χ3v) is 7.71. The zero-order chi connectivity index (χ0) is 25.4. The number of aliphatic hydroxyl groups is 1. The second-order valence-electron chi connectivity index (χ2n) is 9.13. The molecule has 2 aromatic rings. The lowest BCUT2D eigenvalue weighted by Gasteiger charge is -2.41. The van der Waals surface area contributed by atoms with Gasteiger partial charge < -0.3 is 15.1 Å². The first-order valence-corrected chi connectivity index (χ1v) is 12.8. The first-order valence-electron chi connectivity index (χ1n) is 11.4. The lowest BCUT2D eigenvalue weighted by molar-refractivity contribution is -0.0747. The lowest BCUT2D eigenvalue weighted by atomic mass is 9.98. The molecule has 1 atom stereocenters. The number of nitrogens with zero attached hydrogens (tertiary/aromatic N) is 3. The number of hydrogen-bond donors (Lipinski definition) is 2. The van der Waals surface area contributed by atoms with Crippen molar-refractivity contribution in [3.05, 3.63) is 71.8 Å². The first-order chi connectivity index (χ1) is 16.0. The number of hydrogen-bond acceptors (Lipinski definition) is 4. The van der Waals surface area contributed by atoms with E-state index in [-0.39, 0.29) is 38.4 Å². The van der Waals surface area contributed by atoms with Gasteiger partial charge in [-0.15, -0.1) is 0 Å². The molecule has 0 aliphatic heterocycles. The van der Waals surface area contributed by atoms with E-state index < -0.39 is 22.0 Å². The van der Waals surface area contributed by atoms with Crippen molar-refractivity contribution in [1.29, 1.82) is 0 Å². The van der Waals surface area contributed by atoms with Gasteiger partial charge >= 0.3 is 6.09 Å². The van der Waals surface area contributed by atoms with E-state index in [4.69, 9.17) is 0 Å². The summed E-state index contributed by atoms with van der Waals surface area (Å²) in [5, 5.41) is 21.7.